The summed E-state index contributed by atoms with van der Waals surface area (Å²) >= 11 is 0. The number of carbonyl (C=O) groups excluding carboxylic acids is 1. The molecule has 2 N–H and O–H groups in total. The maximum atomic E-state index is 13.3. The Morgan fingerprint density at radius 3 is 2.37 bits per heavy atom. The van der Waals surface area contributed by atoms with E-state index >= 15 is 0 Å². The zero-order chi connectivity index (χ0) is 24.1. The second-order valence-electron chi connectivity index (χ2n) is 9.77. The summed E-state index contributed by atoms with van der Waals surface area (Å²) in [6.07, 6.45) is -0.283. The largest absolute Gasteiger partial charge is 0.375 e. The summed E-state index contributed by atoms with van der Waals surface area (Å²) in [7, 11) is 5.48. The summed E-state index contributed by atoms with van der Waals surface area (Å²) in [6, 6.07) is 16.8. The highest BCUT2D eigenvalue weighted by atomic mass is 16.6. The number of ether oxygens (including phenoxy) is 2. The SMILES string of the molecule is CN[C@H]1Cn2c3ccccc3c3c4c(c5c6ccccc6n(c5c32)[C@@](C)(OC)[C@H]1OC)CNC4=O. The molecule has 0 bridgehead atoms. The number of rotatable bonds is 3. The summed E-state index contributed by atoms with van der Waals surface area (Å²) in [4.78, 5) is 13.3. The summed E-state index contributed by atoms with van der Waals surface area (Å²) in [6.45, 7) is 3.30. The number of aromatic nitrogens is 2. The molecule has 3 aromatic carbocycles. The molecule has 35 heavy (non-hydrogen) atoms. The Kier molecular flexibility index (Phi) is 4.23. The summed E-state index contributed by atoms with van der Waals surface area (Å²) in [5.74, 6) is -0.00173. The molecule has 4 heterocycles. The Morgan fingerprint density at radius 2 is 1.69 bits per heavy atom. The fourth-order valence-electron chi connectivity index (χ4n) is 6.81. The highest BCUT2D eigenvalue weighted by molar-refractivity contribution is 6.30. The smallest absolute Gasteiger partial charge is 0.252 e. The van der Waals surface area contributed by atoms with Crippen molar-refractivity contribution in [3.63, 3.8) is 0 Å². The highest BCUT2D eigenvalue weighted by Crippen LogP contribution is 2.48. The van der Waals surface area contributed by atoms with E-state index in [1.54, 1.807) is 14.2 Å². The molecule has 0 unspecified atom stereocenters. The third kappa shape index (κ3) is 2.38. The molecule has 0 saturated carbocycles. The maximum absolute atomic E-state index is 13.3. The fraction of sp³-hybridized carbons (Fsp3) is 0.321. The van der Waals surface area contributed by atoms with E-state index in [-0.39, 0.29) is 18.1 Å². The summed E-state index contributed by atoms with van der Waals surface area (Å²) in [5.41, 5.74) is 5.41. The van der Waals surface area contributed by atoms with Crippen LogP contribution in [-0.2, 0) is 28.3 Å². The molecule has 0 aliphatic carbocycles. The second-order valence-corrected chi connectivity index (χ2v) is 9.77. The lowest BCUT2D eigenvalue weighted by molar-refractivity contribution is -0.166. The number of hydrogen-bond donors (Lipinski definition) is 2. The minimum absolute atomic E-state index is 0.00173. The number of benzene rings is 3. The molecule has 2 aliphatic heterocycles. The second kappa shape index (κ2) is 7.07. The van der Waals surface area contributed by atoms with Gasteiger partial charge in [0.1, 0.15) is 6.10 Å². The molecule has 178 valence electrons. The minimum Gasteiger partial charge on any atom is -0.375 e. The predicted octanol–water partition coefficient (Wildman–Crippen LogP) is 4.08. The normalized spacial score (nSPS) is 23.9. The molecule has 0 spiro atoms. The van der Waals surface area contributed by atoms with Crippen molar-refractivity contribution < 1.29 is 14.3 Å². The van der Waals surface area contributed by atoms with Crippen LogP contribution >= 0.6 is 0 Å². The van der Waals surface area contributed by atoms with Gasteiger partial charge in [-0.2, -0.15) is 0 Å². The molecule has 3 atom stereocenters. The molecule has 7 heteroatoms. The lowest BCUT2D eigenvalue weighted by atomic mass is 9.95. The van der Waals surface area contributed by atoms with Crippen LogP contribution in [0.5, 0.6) is 0 Å². The monoisotopic (exact) mass is 468 g/mol. The van der Waals surface area contributed by atoms with E-state index in [2.05, 4.69) is 75.2 Å². The lowest BCUT2D eigenvalue weighted by Crippen LogP contribution is -2.56. The van der Waals surface area contributed by atoms with Gasteiger partial charge in [-0.05, 0) is 31.7 Å². The molecule has 7 rings (SSSR count). The Hall–Kier alpha value is -3.39. The number of nitrogens with one attached hydrogen (secondary N) is 2. The van der Waals surface area contributed by atoms with Crippen molar-refractivity contribution in [1.29, 1.82) is 0 Å². The van der Waals surface area contributed by atoms with Gasteiger partial charge in [-0.15, -0.1) is 0 Å². The minimum atomic E-state index is -0.803. The van der Waals surface area contributed by atoms with Crippen molar-refractivity contribution in [2.24, 2.45) is 0 Å². The van der Waals surface area contributed by atoms with Crippen LogP contribution in [0.25, 0.3) is 43.6 Å². The molecule has 1 amide bonds. The van der Waals surface area contributed by atoms with Crippen LogP contribution in [0.4, 0.5) is 0 Å². The number of amides is 1. The molecule has 2 aromatic heterocycles. The van der Waals surface area contributed by atoms with Crippen LogP contribution in [-0.4, -0.2) is 48.5 Å². The number of likely N-dealkylation sites (N-methyl/N-ethyl adjacent to an activating group) is 1. The zero-order valence-corrected chi connectivity index (χ0v) is 20.3. The fourth-order valence-corrected chi connectivity index (χ4v) is 6.81. The van der Waals surface area contributed by atoms with Crippen LogP contribution in [0.3, 0.4) is 0 Å². The van der Waals surface area contributed by atoms with Gasteiger partial charge in [0.05, 0.1) is 28.2 Å². The molecule has 2 aliphatic rings. The number of nitrogens with zero attached hydrogens (tertiary/aromatic N) is 2. The van der Waals surface area contributed by atoms with E-state index in [0.717, 1.165) is 54.7 Å². The summed E-state index contributed by atoms with van der Waals surface area (Å²) in [5, 5.41) is 11.0. The van der Waals surface area contributed by atoms with E-state index in [4.69, 9.17) is 9.47 Å². The summed E-state index contributed by atoms with van der Waals surface area (Å²) < 4.78 is 17.3. The van der Waals surface area contributed by atoms with Gasteiger partial charge in [0, 0.05) is 54.4 Å². The maximum Gasteiger partial charge on any atom is 0.252 e. The first-order chi connectivity index (χ1) is 17.0. The number of para-hydroxylation sites is 2. The van der Waals surface area contributed by atoms with Crippen LogP contribution in [0.1, 0.15) is 22.8 Å². The van der Waals surface area contributed by atoms with Gasteiger partial charge in [-0.3, -0.25) is 4.79 Å². The Balaban J connectivity index is 1.86. The van der Waals surface area contributed by atoms with E-state index in [9.17, 15) is 4.79 Å². The first kappa shape index (κ1) is 20.9. The van der Waals surface area contributed by atoms with Gasteiger partial charge in [0.15, 0.2) is 5.72 Å². The van der Waals surface area contributed by atoms with E-state index in [1.807, 2.05) is 7.05 Å². The van der Waals surface area contributed by atoms with E-state index in [0.29, 0.717) is 13.1 Å². The first-order valence-corrected chi connectivity index (χ1v) is 12.1. The highest BCUT2D eigenvalue weighted by Gasteiger charge is 2.46. The number of carbonyl (C=O) groups is 1. The van der Waals surface area contributed by atoms with Crippen molar-refractivity contribution in [3.8, 4) is 0 Å². The van der Waals surface area contributed by atoms with Gasteiger partial charge < -0.3 is 29.2 Å². The molecule has 5 aromatic rings. The topological polar surface area (TPSA) is 69.5 Å². The van der Waals surface area contributed by atoms with Crippen molar-refractivity contribution in [2.75, 3.05) is 21.3 Å². The van der Waals surface area contributed by atoms with Gasteiger partial charge >= 0.3 is 0 Å². The number of fused-ring (bicyclic) bond motifs is 9. The quantitative estimate of drug-likeness (QED) is 0.419. The van der Waals surface area contributed by atoms with Gasteiger partial charge in [0.25, 0.3) is 5.91 Å². The van der Waals surface area contributed by atoms with Gasteiger partial charge in [-0.25, -0.2) is 0 Å². The van der Waals surface area contributed by atoms with Crippen LogP contribution in [0.2, 0.25) is 0 Å². The van der Waals surface area contributed by atoms with E-state index < -0.39 is 5.72 Å². The van der Waals surface area contributed by atoms with E-state index in [1.165, 1.54) is 0 Å². The molecule has 7 nitrogen and oxygen atoms in total. The zero-order valence-electron chi connectivity index (χ0n) is 20.3. The van der Waals surface area contributed by atoms with Gasteiger partial charge in [0.2, 0.25) is 0 Å². The van der Waals surface area contributed by atoms with Crippen LogP contribution < -0.4 is 10.6 Å². The standard InChI is InChI=1S/C28H28N4O3/c1-28(35-4)26(34-3)18(29-2)14-31-19-11-7-5-9-15(19)22-23-17(13-30-27(23)33)21-16-10-6-8-12-20(16)32(28)25(21)24(22)31/h5-12,18,26,29H,13-14H2,1-4H3,(H,30,33)/t18-,26-,28-/m0/s1. The van der Waals surface area contributed by atoms with Gasteiger partial charge in [-0.1, -0.05) is 36.4 Å². The van der Waals surface area contributed by atoms with Crippen LogP contribution in [0.15, 0.2) is 48.5 Å². The predicted molar refractivity (Wildman–Crippen MR) is 138 cm³/mol. The third-order valence-corrected chi connectivity index (χ3v) is 8.33. The lowest BCUT2D eigenvalue weighted by Gasteiger charge is -2.43. The number of hydrogen-bond acceptors (Lipinski definition) is 4. The van der Waals surface area contributed by atoms with Crippen LogP contribution in [0, 0.1) is 0 Å². The first-order valence-electron chi connectivity index (χ1n) is 12.1. The van der Waals surface area contributed by atoms with Crippen molar-refractivity contribution >= 4 is 49.5 Å². The van der Waals surface area contributed by atoms with Crippen molar-refractivity contribution in [3.05, 3.63) is 59.7 Å². The Morgan fingerprint density at radius 1 is 1.00 bits per heavy atom. The number of methoxy groups -OCH3 is 2. The molecule has 0 radical (unpaired) electrons. The third-order valence-electron chi connectivity index (χ3n) is 8.33. The Labute approximate surface area is 202 Å². The Bertz CT molecular complexity index is 1700. The van der Waals surface area contributed by atoms with Crippen molar-refractivity contribution in [1.82, 2.24) is 19.8 Å². The molecular formula is C28H28N4O3. The average molecular weight is 469 g/mol. The molecular weight excluding hydrogens is 440 g/mol. The van der Waals surface area contributed by atoms with Crippen molar-refractivity contribution in [2.45, 2.75) is 37.9 Å². The average Bonchev–Trinajstić information content (AvgIpc) is 3.53. The molecule has 0 saturated heterocycles. The molecule has 0 fully saturated rings.